The number of carbonyl (C=O) groups excluding carboxylic acids is 1. The lowest BCUT2D eigenvalue weighted by atomic mass is 10.0. The Bertz CT molecular complexity index is 684. The van der Waals surface area contributed by atoms with Crippen molar-refractivity contribution in [3.63, 3.8) is 0 Å². The first-order chi connectivity index (χ1) is 10.1. The monoisotopic (exact) mass is 279 g/mol. The zero-order chi connectivity index (χ0) is 15.2. The molecule has 0 aromatic heterocycles. The van der Waals surface area contributed by atoms with Crippen LogP contribution in [0.4, 0.5) is 5.69 Å². The van der Waals surface area contributed by atoms with Gasteiger partial charge in [-0.2, -0.15) is 5.26 Å². The normalized spacial score (nSPS) is 9.90. The summed E-state index contributed by atoms with van der Waals surface area (Å²) >= 11 is 0. The van der Waals surface area contributed by atoms with Crippen LogP contribution in [0.2, 0.25) is 0 Å². The van der Waals surface area contributed by atoms with E-state index in [1.54, 1.807) is 12.1 Å². The number of carbonyl (C=O) groups is 1. The third-order valence-electron chi connectivity index (χ3n) is 3.35. The van der Waals surface area contributed by atoms with E-state index in [1.807, 2.05) is 37.3 Å². The smallest absolute Gasteiger partial charge is 0.248 e. The van der Waals surface area contributed by atoms with Crippen molar-refractivity contribution in [2.75, 3.05) is 5.32 Å². The molecule has 0 fully saturated rings. The van der Waals surface area contributed by atoms with Gasteiger partial charge in [0.2, 0.25) is 5.91 Å². The van der Waals surface area contributed by atoms with Gasteiger partial charge in [-0.25, -0.2) is 0 Å². The predicted octanol–water partition coefficient (Wildman–Crippen LogP) is 2.77. The maximum Gasteiger partial charge on any atom is 0.248 e. The van der Waals surface area contributed by atoms with Crippen LogP contribution in [0, 0.1) is 18.3 Å². The SMILES string of the molecule is Cc1cc(C(N)=O)ccc1CNc1ccc(CC#N)cc1. The summed E-state index contributed by atoms with van der Waals surface area (Å²) in [5.41, 5.74) is 9.92. The number of nitrogens with one attached hydrogen (secondary N) is 1. The highest BCUT2D eigenvalue weighted by molar-refractivity contribution is 5.93. The van der Waals surface area contributed by atoms with Crippen LogP contribution in [-0.4, -0.2) is 5.91 Å². The fourth-order valence-electron chi connectivity index (χ4n) is 2.08. The molecule has 2 aromatic carbocycles. The Morgan fingerprint density at radius 3 is 2.52 bits per heavy atom. The topological polar surface area (TPSA) is 78.9 Å². The Hall–Kier alpha value is -2.80. The number of hydrogen-bond donors (Lipinski definition) is 2. The Morgan fingerprint density at radius 2 is 1.95 bits per heavy atom. The fourth-order valence-corrected chi connectivity index (χ4v) is 2.08. The molecular weight excluding hydrogens is 262 g/mol. The second-order valence-electron chi connectivity index (χ2n) is 4.89. The van der Waals surface area contributed by atoms with Crippen molar-refractivity contribution in [3.8, 4) is 6.07 Å². The minimum Gasteiger partial charge on any atom is -0.381 e. The Kier molecular flexibility index (Phi) is 4.57. The third kappa shape index (κ3) is 3.83. The van der Waals surface area contributed by atoms with E-state index in [0.29, 0.717) is 18.5 Å². The number of primary amides is 1. The molecule has 106 valence electrons. The van der Waals surface area contributed by atoms with E-state index < -0.39 is 5.91 Å². The largest absolute Gasteiger partial charge is 0.381 e. The van der Waals surface area contributed by atoms with Crippen LogP contribution >= 0.6 is 0 Å². The standard InChI is InChI=1S/C17H17N3O/c1-12-10-14(17(19)21)4-5-15(12)11-20-16-6-2-13(3-7-16)8-9-18/h2-7,10,20H,8,11H2,1H3,(H2,19,21). The summed E-state index contributed by atoms with van der Waals surface area (Å²) in [7, 11) is 0. The number of nitrogens with two attached hydrogens (primary N) is 1. The van der Waals surface area contributed by atoms with Gasteiger partial charge in [0.05, 0.1) is 12.5 Å². The lowest BCUT2D eigenvalue weighted by Crippen LogP contribution is -2.11. The number of nitriles is 1. The second-order valence-corrected chi connectivity index (χ2v) is 4.89. The van der Waals surface area contributed by atoms with Gasteiger partial charge in [-0.05, 0) is 47.9 Å². The highest BCUT2D eigenvalue weighted by Crippen LogP contribution is 2.15. The van der Waals surface area contributed by atoms with Crippen LogP contribution < -0.4 is 11.1 Å². The molecule has 21 heavy (non-hydrogen) atoms. The molecule has 4 nitrogen and oxygen atoms in total. The van der Waals surface area contributed by atoms with Crippen molar-refractivity contribution in [1.29, 1.82) is 5.26 Å². The molecule has 0 aliphatic rings. The molecule has 2 rings (SSSR count). The molecule has 0 aliphatic heterocycles. The number of hydrogen-bond acceptors (Lipinski definition) is 3. The molecule has 0 saturated carbocycles. The maximum atomic E-state index is 11.1. The summed E-state index contributed by atoms with van der Waals surface area (Å²) in [6, 6.07) is 15.4. The first-order valence-corrected chi connectivity index (χ1v) is 6.69. The van der Waals surface area contributed by atoms with E-state index in [4.69, 9.17) is 11.0 Å². The molecule has 0 bridgehead atoms. The van der Waals surface area contributed by atoms with E-state index in [1.165, 1.54) is 0 Å². The number of anilines is 1. The molecule has 0 spiro atoms. The van der Waals surface area contributed by atoms with Crippen molar-refractivity contribution in [2.24, 2.45) is 5.73 Å². The van der Waals surface area contributed by atoms with Gasteiger partial charge in [-0.1, -0.05) is 18.2 Å². The van der Waals surface area contributed by atoms with E-state index in [2.05, 4.69) is 11.4 Å². The molecule has 0 radical (unpaired) electrons. The van der Waals surface area contributed by atoms with Crippen molar-refractivity contribution >= 4 is 11.6 Å². The van der Waals surface area contributed by atoms with E-state index >= 15 is 0 Å². The molecule has 2 aromatic rings. The number of amides is 1. The Balaban J connectivity index is 2.03. The third-order valence-corrected chi connectivity index (χ3v) is 3.35. The van der Waals surface area contributed by atoms with Gasteiger partial charge in [0.1, 0.15) is 0 Å². The number of rotatable bonds is 5. The van der Waals surface area contributed by atoms with Crippen LogP contribution in [0.3, 0.4) is 0 Å². The summed E-state index contributed by atoms with van der Waals surface area (Å²) in [4.78, 5) is 11.1. The van der Waals surface area contributed by atoms with Crippen LogP contribution in [0.1, 0.15) is 27.0 Å². The van der Waals surface area contributed by atoms with Crippen LogP contribution in [-0.2, 0) is 13.0 Å². The highest BCUT2D eigenvalue weighted by Gasteiger charge is 2.04. The number of benzene rings is 2. The average molecular weight is 279 g/mol. The molecule has 0 unspecified atom stereocenters. The summed E-state index contributed by atoms with van der Waals surface area (Å²) in [5, 5.41) is 12.0. The molecular formula is C17H17N3O. The minimum atomic E-state index is -0.411. The maximum absolute atomic E-state index is 11.1. The number of aryl methyl sites for hydroxylation is 1. The average Bonchev–Trinajstić information content (AvgIpc) is 2.47. The molecule has 3 N–H and O–H groups in total. The number of nitrogens with zero attached hydrogens (tertiary/aromatic N) is 1. The fraction of sp³-hybridized carbons (Fsp3) is 0.176. The summed E-state index contributed by atoms with van der Waals surface area (Å²) in [6.45, 7) is 2.63. The van der Waals surface area contributed by atoms with Gasteiger partial charge >= 0.3 is 0 Å². The molecule has 4 heteroatoms. The molecule has 0 heterocycles. The molecule has 0 atom stereocenters. The van der Waals surface area contributed by atoms with Crippen LogP contribution in [0.5, 0.6) is 0 Å². The minimum absolute atomic E-state index is 0.411. The van der Waals surface area contributed by atoms with Crippen LogP contribution in [0.15, 0.2) is 42.5 Å². The van der Waals surface area contributed by atoms with E-state index in [0.717, 1.165) is 22.4 Å². The zero-order valence-corrected chi connectivity index (χ0v) is 11.9. The van der Waals surface area contributed by atoms with Crippen molar-refractivity contribution < 1.29 is 4.79 Å². The van der Waals surface area contributed by atoms with Crippen LogP contribution in [0.25, 0.3) is 0 Å². The Labute approximate surface area is 124 Å². The molecule has 0 saturated heterocycles. The molecule has 0 aliphatic carbocycles. The van der Waals surface area contributed by atoms with Crippen molar-refractivity contribution in [1.82, 2.24) is 0 Å². The van der Waals surface area contributed by atoms with Gasteiger partial charge in [0.25, 0.3) is 0 Å². The van der Waals surface area contributed by atoms with Gasteiger partial charge in [-0.3, -0.25) is 4.79 Å². The van der Waals surface area contributed by atoms with Gasteiger partial charge in [0, 0.05) is 17.8 Å². The summed E-state index contributed by atoms with van der Waals surface area (Å²) in [5.74, 6) is -0.411. The lowest BCUT2D eigenvalue weighted by molar-refractivity contribution is 0.1000. The van der Waals surface area contributed by atoms with Crippen molar-refractivity contribution in [3.05, 3.63) is 64.7 Å². The van der Waals surface area contributed by atoms with Gasteiger partial charge in [0.15, 0.2) is 0 Å². The molecule has 1 amide bonds. The first kappa shape index (κ1) is 14.6. The predicted molar refractivity (Wildman–Crippen MR) is 82.8 cm³/mol. The Morgan fingerprint density at radius 1 is 1.24 bits per heavy atom. The second kappa shape index (κ2) is 6.58. The summed E-state index contributed by atoms with van der Waals surface area (Å²) < 4.78 is 0. The van der Waals surface area contributed by atoms with E-state index in [-0.39, 0.29) is 0 Å². The first-order valence-electron chi connectivity index (χ1n) is 6.69. The van der Waals surface area contributed by atoms with E-state index in [9.17, 15) is 4.79 Å². The zero-order valence-electron chi connectivity index (χ0n) is 11.9. The van der Waals surface area contributed by atoms with Gasteiger partial charge < -0.3 is 11.1 Å². The highest BCUT2D eigenvalue weighted by atomic mass is 16.1. The summed E-state index contributed by atoms with van der Waals surface area (Å²) in [6.07, 6.45) is 0.425. The van der Waals surface area contributed by atoms with Crippen molar-refractivity contribution in [2.45, 2.75) is 19.9 Å². The lowest BCUT2D eigenvalue weighted by Gasteiger charge is -2.10. The van der Waals surface area contributed by atoms with Gasteiger partial charge in [-0.15, -0.1) is 0 Å². The quantitative estimate of drug-likeness (QED) is 0.883.